The normalized spacial score (nSPS) is 18.4. The number of benzene rings is 2. The summed E-state index contributed by atoms with van der Waals surface area (Å²) in [5.74, 6) is -1.88. The number of ether oxygens (including phenoxy) is 1. The van der Waals surface area contributed by atoms with Crippen molar-refractivity contribution in [3.63, 3.8) is 0 Å². The first kappa shape index (κ1) is 39.4. The number of nitrogens with zero attached hydrogens (tertiary/aromatic N) is 1. The molecule has 0 aliphatic heterocycles. The lowest BCUT2D eigenvalue weighted by Crippen LogP contribution is -2.50. The first-order valence-electron chi connectivity index (χ1n) is 17.1. The highest BCUT2D eigenvalue weighted by Crippen LogP contribution is 2.41. The van der Waals surface area contributed by atoms with E-state index in [-0.39, 0.29) is 40.1 Å². The van der Waals surface area contributed by atoms with Crippen molar-refractivity contribution in [1.82, 2.24) is 10.3 Å². The van der Waals surface area contributed by atoms with Crippen LogP contribution in [-0.2, 0) is 21.6 Å². The average molecular weight is 725 g/mol. The van der Waals surface area contributed by atoms with E-state index in [0.29, 0.717) is 44.1 Å². The molecule has 0 radical (unpaired) electrons. The van der Waals surface area contributed by atoms with Crippen LogP contribution in [0.25, 0.3) is 10.8 Å². The Morgan fingerprint density at radius 1 is 0.857 bits per heavy atom. The van der Waals surface area contributed by atoms with Crippen LogP contribution in [0.15, 0.2) is 42.7 Å². The van der Waals surface area contributed by atoms with Crippen LogP contribution in [0.2, 0.25) is 36.3 Å². The number of aromatic nitrogens is 1. The van der Waals surface area contributed by atoms with Gasteiger partial charge in [-0.2, -0.15) is 13.2 Å². The first-order chi connectivity index (χ1) is 22.5. The van der Waals surface area contributed by atoms with Crippen LogP contribution in [0.1, 0.15) is 83.4 Å². The van der Waals surface area contributed by atoms with E-state index in [9.17, 15) is 17.6 Å². The van der Waals surface area contributed by atoms with E-state index in [0.717, 1.165) is 22.4 Å². The minimum Gasteiger partial charge on any atom is -0.489 e. The molecule has 49 heavy (non-hydrogen) atoms. The summed E-state index contributed by atoms with van der Waals surface area (Å²) in [4.78, 5) is 4.41. The van der Waals surface area contributed by atoms with Crippen LogP contribution in [0.3, 0.4) is 0 Å². The third-order valence-electron chi connectivity index (χ3n) is 10.9. The molecular formula is C37H53F5N2O3Si2. The van der Waals surface area contributed by atoms with E-state index < -0.39 is 40.3 Å². The van der Waals surface area contributed by atoms with Crippen molar-refractivity contribution >= 4 is 27.4 Å². The van der Waals surface area contributed by atoms with Gasteiger partial charge in [0, 0.05) is 55.1 Å². The Bertz CT molecular complexity index is 1600. The zero-order valence-electron chi connectivity index (χ0n) is 30.6. The second-order valence-electron chi connectivity index (χ2n) is 16.4. The molecule has 2 aromatic carbocycles. The number of alkyl halides is 3. The Balaban J connectivity index is 1.56. The van der Waals surface area contributed by atoms with Gasteiger partial charge in [-0.15, -0.1) is 0 Å². The van der Waals surface area contributed by atoms with Crippen molar-refractivity contribution in [2.45, 2.75) is 128 Å². The smallest absolute Gasteiger partial charge is 0.419 e. The molecule has 0 spiro atoms. The van der Waals surface area contributed by atoms with Gasteiger partial charge >= 0.3 is 6.18 Å². The van der Waals surface area contributed by atoms with Crippen LogP contribution in [0.5, 0.6) is 5.75 Å². The third-order valence-corrected chi connectivity index (χ3v) is 20.0. The lowest BCUT2D eigenvalue weighted by Gasteiger charge is -2.38. The van der Waals surface area contributed by atoms with Gasteiger partial charge in [0.1, 0.15) is 23.5 Å². The van der Waals surface area contributed by atoms with Crippen molar-refractivity contribution in [2.75, 3.05) is 13.2 Å². The molecule has 0 amide bonds. The van der Waals surface area contributed by atoms with Gasteiger partial charge in [-0.3, -0.25) is 4.98 Å². The molecule has 1 saturated carbocycles. The Hall–Kier alpha value is -2.39. The summed E-state index contributed by atoms with van der Waals surface area (Å²) in [6, 6.07) is 5.86. The summed E-state index contributed by atoms with van der Waals surface area (Å²) in [7, 11) is -4.11. The van der Waals surface area contributed by atoms with E-state index >= 15 is 4.39 Å². The number of pyridine rings is 1. The number of hydrogen-bond donors (Lipinski definition) is 1. The fraction of sp³-hybridized carbons (Fsp3) is 0.595. The van der Waals surface area contributed by atoms with Gasteiger partial charge in [0.15, 0.2) is 16.6 Å². The van der Waals surface area contributed by atoms with Crippen molar-refractivity contribution in [2.24, 2.45) is 0 Å². The molecule has 272 valence electrons. The van der Waals surface area contributed by atoms with Gasteiger partial charge in [0.2, 0.25) is 0 Å². The Kier molecular flexibility index (Phi) is 11.8. The average Bonchev–Trinajstić information content (AvgIpc) is 2.97. The Morgan fingerprint density at radius 2 is 1.51 bits per heavy atom. The molecule has 0 unspecified atom stereocenters. The SMILES string of the molecule is CC(C)(C)[Si](C)(C)OCC[C@@H](CO[Si](C)(C)C(C)(C)C)c1cc(F)c(CN[C@@H]2CC[C@H]2Oc2ccc(F)c(C(F)(F)F)c2)c2ccncc12. The summed E-state index contributed by atoms with van der Waals surface area (Å²) < 4.78 is 88.8. The molecule has 5 nitrogen and oxygen atoms in total. The van der Waals surface area contributed by atoms with Gasteiger partial charge < -0.3 is 18.9 Å². The maximum atomic E-state index is 16.2. The standard InChI is InChI=1S/C37H53F5N2O3Si2/c1-35(2,3)48(7,8)45-18-16-24(23-46-49(9,10)36(4,5)6)27-20-32(39)29(26-15-17-43-21-28(26)27)22-44-33-13-14-34(33)47-25-11-12-31(38)30(19-25)37(40,41)42/h11-12,15,17,19-21,24,33-34,44H,13-14,16,18,22-23H2,1-10H3/t24-,33+,34+/m0/s1. The van der Waals surface area contributed by atoms with E-state index in [1.165, 1.54) is 6.07 Å². The van der Waals surface area contributed by atoms with Gasteiger partial charge in [-0.1, -0.05) is 41.5 Å². The monoisotopic (exact) mass is 724 g/mol. The number of halogens is 5. The molecule has 1 fully saturated rings. The fourth-order valence-electron chi connectivity index (χ4n) is 5.41. The molecule has 1 aliphatic carbocycles. The van der Waals surface area contributed by atoms with Crippen LogP contribution in [-0.4, -0.2) is 47.0 Å². The van der Waals surface area contributed by atoms with Crippen LogP contribution in [0, 0.1) is 11.6 Å². The van der Waals surface area contributed by atoms with E-state index in [1.54, 1.807) is 18.5 Å². The predicted molar refractivity (Wildman–Crippen MR) is 191 cm³/mol. The molecule has 1 aliphatic rings. The maximum Gasteiger partial charge on any atom is 0.419 e. The summed E-state index contributed by atoms with van der Waals surface area (Å²) in [5, 5.41) is 5.02. The summed E-state index contributed by atoms with van der Waals surface area (Å²) >= 11 is 0. The molecule has 1 aromatic heterocycles. The molecule has 3 aromatic rings. The topological polar surface area (TPSA) is 52.6 Å². The lowest BCUT2D eigenvalue weighted by atomic mass is 9.87. The van der Waals surface area contributed by atoms with Crippen LogP contribution >= 0.6 is 0 Å². The lowest BCUT2D eigenvalue weighted by molar-refractivity contribution is -0.140. The Labute approximate surface area is 290 Å². The molecule has 1 heterocycles. The van der Waals surface area contributed by atoms with Gasteiger partial charge in [0.05, 0.1) is 5.56 Å². The molecule has 4 rings (SSSR count). The highest BCUT2D eigenvalue weighted by atomic mass is 28.4. The second kappa shape index (κ2) is 14.7. The molecule has 0 saturated heterocycles. The maximum absolute atomic E-state index is 16.2. The zero-order valence-corrected chi connectivity index (χ0v) is 32.6. The van der Waals surface area contributed by atoms with Gasteiger partial charge in [-0.05, 0) is 96.8 Å². The Morgan fingerprint density at radius 3 is 2.10 bits per heavy atom. The predicted octanol–water partition coefficient (Wildman–Crippen LogP) is 10.7. The quantitative estimate of drug-likeness (QED) is 0.141. The molecule has 1 N–H and O–H groups in total. The largest absolute Gasteiger partial charge is 0.489 e. The fourth-order valence-corrected chi connectivity index (χ4v) is 7.52. The molecule has 3 atom stereocenters. The third kappa shape index (κ3) is 9.30. The number of nitrogens with one attached hydrogen (secondary N) is 1. The summed E-state index contributed by atoms with van der Waals surface area (Å²) in [6.45, 7) is 23.3. The van der Waals surface area contributed by atoms with Crippen LogP contribution in [0.4, 0.5) is 22.0 Å². The number of hydrogen-bond acceptors (Lipinski definition) is 5. The van der Waals surface area contributed by atoms with E-state index in [1.807, 2.05) is 6.07 Å². The zero-order chi connectivity index (χ0) is 36.6. The van der Waals surface area contributed by atoms with Crippen molar-refractivity contribution in [1.29, 1.82) is 0 Å². The second-order valence-corrected chi connectivity index (χ2v) is 26.0. The van der Waals surface area contributed by atoms with Crippen molar-refractivity contribution < 1.29 is 35.5 Å². The summed E-state index contributed by atoms with van der Waals surface area (Å²) in [6.07, 6.45) is 0.159. The first-order valence-corrected chi connectivity index (χ1v) is 22.9. The number of rotatable bonds is 13. The van der Waals surface area contributed by atoms with Crippen LogP contribution < -0.4 is 10.1 Å². The van der Waals surface area contributed by atoms with Crippen molar-refractivity contribution in [3.05, 3.63) is 71.1 Å². The van der Waals surface area contributed by atoms with Crippen molar-refractivity contribution in [3.8, 4) is 5.75 Å². The van der Waals surface area contributed by atoms with E-state index in [2.05, 4.69) is 78.0 Å². The minimum absolute atomic E-state index is 0.0139. The summed E-state index contributed by atoms with van der Waals surface area (Å²) in [5.41, 5.74) is -0.0475. The molecular weight excluding hydrogens is 672 g/mol. The van der Waals surface area contributed by atoms with Gasteiger partial charge in [-0.25, -0.2) is 8.78 Å². The van der Waals surface area contributed by atoms with E-state index in [4.69, 9.17) is 13.6 Å². The minimum atomic E-state index is -4.83. The molecule has 12 heteroatoms. The number of fused-ring (bicyclic) bond motifs is 1. The van der Waals surface area contributed by atoms with Gasteiger partial charge in [0.25, 0.3) is 0 Å². The highest BCUT2D eigenvalue weighted by molar-refractivity contribution is 6.74. The highest BCUT2D eigenvalue weighted by Gasteiger charge is 2.40. The molecule has 0 bridgehead atoms.